The SMILES string of the molecule is [N-]=[N+]=Nc1ccc(/C=C2\CCC/C(=C\c3ccc(N=[N+]=[N-])cc3S(=O)(=O)O)C2=O)c(S(=O)(=O)O)c1. The Hall–Kier alpha value is -3.97. The molecule has 1 aliphatic rings. The lowest BCUT2D eigenvalue weighted by molar-refractivity contribution is -0.112. The van der Waals surface area contributed by atoms with Gasteiger partial charge >= 0.3 is 0 Å². The van der Waals surface area contributed by atoms with Gasteiger partial charge in [-0.05, 0) is 65.7 Å². The van der Waals surface area contributed by atoms with Crippen LogP contribution in [-0.2, 0) is 25.0 Å². The average molecular weight is 517 g/mol. The second kappa shape index (κ2) is 10.1. The van der Waals surface area contributed by atoms with Crippen LogP contribution in [-0.4, -0.2) is 31.7 Å². The predicted molar refractivity (Wildman–Crippen MR) is 125 cm³/mol. The van der Waals surface area contributed by atoms with Gasteiger partial charge in [0.25, 0.3) is 20.2 Å². The molecular weight excluding hydrogens is 500 g/mol. The van der Waals surface area contributed by atoms with Crippen molar-refractivity contribution in [3.8, 4) is 0 Å². The summed E-state index contributed by atoms with van der Waals surface area (Å²) in [4.78, 5) is 17.1. The van der Waals surface area contributed by atoms with Crippen molar-refractivity contribution in [3.63, 3.8) is 0 Å². The lowest BCUT2D eigenvalue weighted by atomic mass is 9.87. The molecule has 0 aromatic heterocycles. The molecule has 0 atom stereocenters. The van der Waals surface area contributed by atoms with Gasteiger partial charge in [-0.1, -0.05) is 34.5 Å². The van der Waals surface area contributed by atoms with Crippen LogP contribution < -0.4 is 0 Å². The van der Waals surface area contributed by atoms with Crippen LogP contribution in [0.2, 0.25) is 0 Å². The van der Waals surface area contributed by atoms with Crippen molar-refractivity contribution in [1.82, 2.24) is 0 Å². The molecule has 0 amide bonds. The van der Waals surface area contributed by atoms with E-state index in [0.29, 0.717) is 6.42 Å². The Morgan fingerprint density at radius 2 is 1.17 bits per heavy atom. The second-order valence-electron chi connectivity index (χ2n) is 7.30. The fourth-order valence-corrected chi connectivity index (χ4v) is 4.90. The third kappa shape index (κ3) is 6.13. The topological polar surface area (TPSA) is 223 Å². The first kappa shape index (κ1) is 25.6. The number of azide groups is 2. The van der Waals surface area contributed by atoms with Crippen LogP contribution in [0.15, 0.2) is 67.6 Å². The Bertz CT molecular complexity index is 1480. The van der Waals surface area contributed by atoms with Gasteiger partial charge in [-0.2, -0.15) is 16.8 Å². The van der Waals surface area contributed by atoms with E-state index in [4.69, 9.17) is 11.1 Å². The first-order valence-electron chi connectivity index (χ1n) is 9.73. The van der Waals surface area contributed by atoms with Crippen molar-refractivity contribution in [2.75, 3.05) is 0 Å². The van der Waals surface area contributed by atoms with E-state index >= 15 is 0 Å². The highest BCUT2D eigenvalue weighted by Crippen LogP contribution is 2.32. The van der Waals surface area contributed by atoms with Crippen molar-refractivity contribution in [3.05, 3.63) is 79.6 Å². The minimum atomic E-state index is -4.72. The van der Waals surface area contributed by atoms with Crippen LogP contribution in [0.3, 0.4) is 0 Å². The van der Waals surface area contributed by atoms with Gasteiger partial charge in [0, 0.05) is 32.3 Å². The summed E-state index contributed by atoms with van der Waals surface area (Å²) in [6, 6.07) is 7.11. The number of allylic oxidation sites excluding steroid dienone is 2. The molecule has 35 heavy (non-hydrogen) atoms. The minimum Gasteiger partial charge on any atom is -0.289 e. The van der Waals surface area contributed by atoms with E-state index in [-0.39, 0.29) is 46.5 Å². The third-order valence-corrected chi connectivity index (χ3v) is 6.82. The molecule has 0 heterocycles. The summed E-state index contributed by atoms with van der Waals surface area (Å²) in [5, 5.41) is 6.60. The quantitative estimate of drug-likeness (QED) is 0.169. The van der Waals surface area contributed by atoms with E-state index in [1.54, 1.807) is 0 Å². The van der Waals surface area contributed by atoms with Gasteiger partial charge in [-0.3, -0.25) is 13.9 Å². The van der Waals surface area contributed by atoms with Gasteiger partial charge in [-0.25, -0.2) is 0 Å². The maximum absolute atomic E-state index is 13.1. The molecule has 3 rings (SSSR count). The van der Waals surface area contributed by atoms with Gasteiger partial charge < -0.3 is 0 Å². The van der Waals surface area contributed by atoms with Crippen LogP contribution >= 0.6 is 0 Å². The summed E-state index contributed by atoms with van der Waals surface area (Å²) < 4.78 is 66.5. The minimum absolute atomic E-state index is 0.00803. The average Bonchev–Trinajstić information content (AvgIpc) is 2.77. The van der Waals surface area contributed by atoms with Crippen molar-refractivity contribution < 1.29 is 30.7 Å². The van der Waals surface area contributed by atoms with E-state index in [1.165, 1.54) is 36.4 Å². The van der Waals surface area contributed by atoms with Crippen LogP contribution in [0.5, 0.6) is 0 Å². The Morgan fingerprint density at radius 1 is 0.771 bits per heavy atom. The fourth-order valence-electron chi connectivity index (χ4n) is 3.51. The molecule has 0 bridgehead atoms. The summed E-state index contributed by atoms with van der Waals surface area (Å²) in [6.45, 7) is 0. The standard InChI is InChI=1S/C20H16N6O7S2/c21-25-23-16-6-4-12(18(10-16)34(28,29)30)8-14-2-1-3-15(20(14)27)9-13-5-7-17(24-26-22)11-19(13)35(31,32)33/h4-11H,1-3H2,(H,28,29,30)(H,31,32,33)/b14-8+,15-9+. The van der Waals surface area contributed by atoms with E-state index in [0.717, 1.165) is 12.1 Å². The lowest BCUT2D eigenvalue weighted by Gasteiger charge is -2.17. The molecular formula is C20H16N6O7S2. The molecule has 15 heteroatoms. The Balaban J connectivity index is 2.09. The van der Waals surface area contributed by atoms with Gasteiger partial charge in [-0.15, -0.1) is 0 Å². The molecule has 0 saturated heterocycles. The first-order chi connectivity index (χ1) is 16.4. The van der Waals surface area contributed by atoms with Gasteiger partial charge in [0.2, 0.25) is 0 Å². The number of benzene rings is 2. The number of carbonyl (C=O) groups is 1. The van der Waals surface area contributed by atoms with Gasteiger partial charge in [0.1, 0.15) is 9.79 Å². The number of hydrogen-bond donors (Lipinski definition) is 2. The monoisotopic (exact) mass is 516 g/mol. The number of Topliss-reactive ketones (excluding diaryl/α,β-unsaturated/α-hetero) is 1. The highest BCUT2D eigenvalue weighted by molar-refractivity contribution is 7.86. The van der Waals surface area contributed by atoms with Crippen LogP contribution in [0, 0.1) is 0 Å². The Morgan fingerprint density at radius 3 is 1.51 bits per heavy atom. The van der Waals surface area contributed by atoms with E-state index in [1.807, 2.05) is 0 Å². The first-order valence-corrected chi connectivity index (χ1v) is 12.6. The highest BCUT2D eigenvalue weighted by Gasteiger charge is 2.24. The van der Waals surface area contributed by atoms with Crippen LogP contribution in [0.1, 0.15) is 30.4 Å². The number of ketones is 1. The van der Waals surface area contributed by atoms with E-state index in [2.05, 4.69) is 20.1 Å². The summed E-state index contributed by atoms with van der Waals surface area (Å²) >= 11 is 0. The maximum atomic E-state index is 13.1. The lowest BCUT2D eigenvalue weighted by Crippen LogP contribution is -2.13. The largest absolute Gasteiger partial charge is 0.295 e. The zero-order chi connectivity index (χ0) is 25.8. The second-order valence-corrected chi connectivity index (χ2v) is 10.1. The van der Waals surface area contributed by atoms with E-state index < -0.39 is 35.8 Å². The summed E-state index contributed by atoms with van der Waals surface area (Å²) in [5.41, 5.74) is 17.4. The van der Waals surface area contributed by atoms with Crippen molar-refractivity contribution >= 4 is 49.5 Å². The molecule has 1 aliphatic carbocycles. The maximum Gasteiger partial charge on any atom is 0.295 e. The molecule has 1 saturated carbocycles. The molecule has 0 radical (unpaired) electrons. The van der Waals surface area contributed by atoms with E-state index in [9.17, 15) is 30.7 Å². The number of nitrogens with zero attached hydrogens (tertiary/aromatic N) is 6. The number of hydrogen-bond acceptors (Lipinski definition) is 7. The zero-order valence-electron chi connectivity index (χ0n) is 17.7. The van der Waals surface area contributed by atoms with Gasteiger partial charge in [0.05, 0.1) is 0 Å². The Kier molecular flexibility index (Phi) is 7.41. The molecule has 2 aromatic rings. The van der Waals surface area contributed by atoms with Crippen molar-refractivity contribution in [1.29, 1.82) is 0 Å². The third-order valence-electron chi connectivity index (χ3n) is 5.01. The molecule has 180 valence electrons. The number of carbonyl (C=O) groups excluding carboxylic acids is 1. The molecule has 1 fully saturated rings. The van der Waals surface area contributed by atoms with Crippen LogP contribution in [0.25, 0.3) is 33.0 Å². The molecule has 2 aromatic carbocycles. The van der Waals surface area contributed by atoms with Crippen LogP contribution in [0.4, 0.5) is 11.4 Å². The van der Waals surface area contributed by atoms with Crippen molar-refractivity contribution in [2.45, 2.75) is 29.1 Å². The molecule has 0 unspecified atom stereocenters. The normalized spacial score (nSPS) is 16.6. The fraction of sp³-hybridized carbons (Fsp3) is 0.150. The molecule has 0 aliphatic heterocycles. The summed E-state index contributed by atoms with van der Waals surface area (Å²) in [6.07, 6.45) is 3.60. The molecule has 0 spiro atoms. The predicted octanol–water partition coefficient (Wildman–Crippen LogP) is 5.28. The molecule has 13 nitrogen and oxygen atoms in total. The Labute approximate surface area is 199 Å². The highest BCUT2D eigenvalue weighted by atomic mass is 32.2. The molecule has 2 N–H and O–H groups in total. The smallest absolute Gasteiger partial charge is 0.289 e. The summed E-state index contributed by atoms with van der Waals surface area (Å²) in [5.74, 6) is -0.489. The van der Waals surface area contributed by atoms with Crippen molar-refractivity contribution in [2.24, 2.45) is 10.2 Å². The number of rotatable bonds is 6. The summed E-state index contributed by atoms with van der Waals surface area (Å²) in [7, 11) is -9.44. The zero-order valence-corrected chi connectivity index (χ0v) is 19.3. The van der Waals surface area contributed by atoms with Gasteiger partial charge in [0.15, 0.2) is 5.78 Å².